The highest BCUT2D eigenvalue weighted by atomic mass is 32.1. The Kier molecular flexibility index (Phi) is 7.85. The topological polar surface area (TPSA) is 81.7 Å². The summed E-state index contributed by atoms with van der Waals surface area (Å²) < 4.78 is 23.3. The zero-order chi connectivity index (χ0) is 21.4. The lowest BCUT2D eigenvalue weighted by molar-refractivity contribution is -0.111. The number of nitrogens with one attached hydrogen (secondary N) is 1. The predicted molar refractivity (Wildman–Crippen MR) is 110 cm³/mol. The Labute approximate surface area is 171 Å². The fraction of sp³-hybridized carbons (Fsp3) is 0.190. The van der Waals surface area contributed by atoms with E-state index in [9.17, 15) is 18.8 Å². The summed E-state index contributed by atoms with van der Waals surface area (Å²) >= 11 is 0.916. The summed E-state index contributed by atoms with van der Waals surface area (Å²) in [5, 5.41) is 2.74. The zero-order valence-electron chi connectivity index (χ0n) is 16.0. The van der Waals surface area contributed by atoms with E-state index in [1.807, 2.05) is 0 Å². The van der Waals surface area contributed by atoms with E-state index in [0.29, 0.717) is 11.1 Å². The molecule has 0 spiro atoms. The van der Waals surface area contributed by atoms with Gasteiger partial charge in [-0.05, 0) is 43.2 Å². The Morgan fingerprint density at radius 3 is 2.66 bits per heavy atom. The van der Waals surface area contributed by atoms with Crippen LogP contribution in [0.4, 0.5) is 9.39 Å². The number of benzene rings is 1. The molecule has 0 fully saturated rings. The maximum Gasteiger partial charge on any atom is 0.348 e. The van der Waals surface area contributed by atoms with Crippen molar-refractivity contribution in [3.05, 3.63) is 70.4 Å². The highest BCUT2D eigenvalue weighted by Gasteiger charge is 2.27. The Bertz CT molecular complexity index is 964. The van der Waals surface area contributed by atoms with Gasteiger partial charge < -0.3 is 14.8 Å². The maximum absolute atomic E-state index is 13.2. The molecule has 8 heteroatoms. The molecule has 1 aromatic carbocycles. The number of esters is 2. The van der Waals surface area contributed by atoms with E-state index >= 15 is 0 Å². The van der Waals surface area contributed by atoms with Crippen LogP contribution in [-0.2, 0) is 14.3 Å². The number of carbonyl (C=O) groups is 3. The van der Waals surface area contributed by atoms with Crippen LogP contribution in [0, 0.1) is 12.7 Å². The molecule has 0 bridgehead atoms. The Morgan fingerprint density at radius 2 is 2.00 bits per heavy atom. The number of anilines is 1. The molecule has 0 aliphatic heterocycles. The van der Waals surface area contributed by atoms with Gasteiger partial charge in [0.2, 0.25) is 5.91 Å². The summed E-state index contributed by atoms with van der Waals surface area (Å²) in [5.41, 5.74) is 0.948. The lowest BCUT2D eigenvalue weighted by atomic mass is 10.1. The summed E-state index contributed by atoms with van der Waals surface area (Å²) in [6.07, 6.45) is 4.06. The SMILES string of the molecule is C=CCOC(=O)c1sc(NC(=O)/C=C/c2cccc(F)c2)c(C(=O)OCC)c1C. The first kappa shape index (κ1) is 22.0. The molecule has 1 aromatic heterocycles. The Hall–Kier alpha value is -3.26. The van der Waals surface area contributed by atoms with E-state index < -0.39 is 23.7 Å². The fourth-order valence-corrected chi connectivity index (χ4v) is 3.47. The third-order valence-corrected chi connectivity index (χ3v) is 4.84. The van der Waals surface area contributed by atoms with Crippen molar-refractivity contribution in [2.45, 2.75) is 13.8 Å². The first-order valence-electron chi connectivity index (χ1n) is 8.70. The molecule has 1 amide bonds. The first-order chi connectivity index (χ1) is 13.9. The summed E-state index contributed by atoms with van der Waals surface area (Å²) in [7, 11) is 0. The van der Waals surface area contributed by atoms with Gasteiger partial charge in [-0.15, -0.1) is 11.3 Å². The van der Waals surface area contributed by atoms with Crippen LogP contribution < -0.4 is 5.32 Å². The largest absolute Gasteiger partial charge is 0.462 e. The number of halogens is 1. The minimum absolute atomic E-state index is 0.0168. The molecule has 0 aliphatic carbocycles. The van der Waals surface area contributed by atoms with Gasteiger partial charge in [0.25, 0.3) is 0 Å². The van der Waals surface area contributed by atoms with Gasteiger partial charge in [-0.2, -0.15) is 0 Å². The van der Waals surface area contributed by atoms with Gasteiger partial charge in [-0.3, -0.25) is 4.79 Å². The van der Waals surface area contributed by atoms with Crippen LogP contribution in [0.2, 0.25) is 0 Å². The Morgan fingerprint density at radius 1 is 1.24 bits per heavy atom. The van der Waals surface area contributed by atoms with E-state index in [2.05, 4.69) is 11.9 Å². The van der Waals surface area contributed by atoms with Gasteiger partial charge >= 0.3 is 11.9 Å². The highest BCUT2D eigenvalue weighted by molar-refractivity contribution is 7.18. The second-order valence-corrected chi connectivity index (χ2v) is 6.77. The summed E-state index contributed by atoms with van der Waals surface area (Å²) in [6.45, 7) is 6.86. The van der Waals surface area contributed by atoms with Crippen LogP contribution in [0.25, 0.3) is 6.08 Å². The number of thiophene rings is 1. The molecule has 152 valence electrons. The van der Waals surface area contributed by atoms with Crippen LogP contribution in [0.1, 0.15) is 38.1 Å². The molecule has 0 unspecified atom stereocenters. The van der Waals surface area contributed by atoms with Crippen LogP contribution in [0.15, 0.2) is 43.0 Å². The lowest BCUT2D eigenvalue weighted by Crippen LogP contribution is -2.13. The van der Waals surface area contributed by atoms with E-state index in [-0.39, 0.29) is 28.7 Å². The molecule has 0 atom stereocenters. The van der Waals surface area contributed by atoms with E-state index in [1.165, 1.54) is 36.4 Å². The minimum Gasteiger partial charge on any atom is -0.462 e. The summed E-state index contributed by atoms with van der Waals surface area (Å²) in [4.78, 5) is 37.0. The normalized spacial score (nSPS) is 10.6. The molecule has 0 radical (unpaired) electrons. The maximum atomic E-state index is 13.2. The summed E-state index contributed by atoms with van der Waals surface area (Å²) in [5.74, 6) is -2.26. The molecule has 1 heterocycles. The van der Waals surface area contributed by atoms with Crippen molar-refractivity contribution in [1.82, 2.24) is 0 Å². The van der Waals surface area contributed by atoms with Gasteiger partial charge in [0.1, 0.15) is 22.3 Å². The lowest BCUT2D eigenvalue weighted by Gasteiger charge is -2.05. The monoisotopic (exact) mass is 417 g/mol. The van der Waals surface area contributed by atoms with Crippen molar-refractivity contribution in [2.75, 3.05) is 18.5 Å². The van der Waals surface area contributed by atoms with Crippen LogP contribution >= 0.6 is 11.3 Å². The molecule has 2 aromatic rings. The van der Waals surface area contributed by atoms with E-state index in [0.717, 1.165) is 11.3 Å². The zero-order valence-corrected chi connectivity index (χ0v) is 16.8. The van der Waals surface area contributed by atoms with Crippen molar-refractivity contribution < 1.29 is 28.2 Å². The average molecular weight is 417 g/mol. The molecule has 0 saturated carbocycles. The molecule has 0 aliphatic rings. The van der Waals surface area contributed by atoms with Gasteiger partial charge in [-0.1, -0.05) is 24.8 Å². The molecule has 2 rings (SSSR count). The standard InChI is InChI=1S/C21H20FNO5S/c1-4-11-28-21(26)18-13(3)17(20(25)27-5-2)19(29-18)23-16(24)10-9-14-7-6-8-15(22)12-14/h4,6-10,12H,1,5,11H2,2-3H3,(H,23,24)/b10-9+. The van der Waals surface area contributed by atoms with Crippen LogP contribution in [0.5, 0.6) is 0 Å². The quantitative estimate of drug-likeness (QED) is 0.392. The first-order valence-corrected chi connectivity index (χ1v) is 9.52. The smallest absolute Gasteiger partial charge is 0.348 e. The van der Waals surface area contributed by atoms with E-state index in [4.69, 9.17) is 9.47 Å². The molecule has 29 heavy (non-hydrogen) atoms. The number of ether oxygens (including phenoxy) is 2. The average Bonchev–Trinajstić information content (AvgIpc) is 3.00. The van der Waals surface area contributed by atoms with Gasteiger partial charge in [0.05, 0.1) is 12.2 Å². The fourth-order valence-electron chi connectivity index (χ4n) is 2.38. The van der Waals surface area contributed by atoms with Gasteiger partial charge in [0.15, 0.2) is 0 Å². The van der Waals surface area contributed by atoms with Crippen molar-refractivity contribution >= 4 is 40.3 Å². The predicted octanol–water partition coefficient (Wildman–Crippen LogP) is 4.37. The highest BCUT2D eigenvalue weighted by Crippen LogP contribution is 2.34. The second kappa shape index (κ2) is 10.3. The molecule has 0 saturated heterocycles. The van der Waals surface area contributed by atoms with Crippen molar-refractivity contribution in [1.29, 1.82) is 0 Å². The number of amides is 1. The number of carbonyl (C=O) groups excluding carboxylic acids is 3. The van der Waals surface area contributed by atoms with Crippen molar-refractivity contribution in [2.24, 2.45) is 0 Å². The summed E-state index contributed by atoms with van der Waals surface area (Å²) in [6, 6.07) is 5.73. The molecular formula is C21H20FNO5S. The molecule has 6 nitrogen and oxygen atoms in total. The van der Waals surface area contributed by atoms with E-state index in [1.54, 1.807) is 19.9 Å². The number of hydrogen-bond acceptors (Lipinski definition) is 6. The number of hydrogen-bond donors (Lipinski definition) is 1. The van der Waals surface area contributed by atoms with Crippen LogP contribution in [-0.4, -0.2) is 31.1 Å². The van der Waals surface area contributed by atoms with Crippen LogP contribution in [0.3, 0.4) is 0 Å². The van der Waals surface area contributed by atoms with Gasteiger partial charge in [-0.25, -0.2) is 14.0 Å². The van der Waals surface area contributed by atoms with Gasteiger partial charge in [0, 0.05) is 6.08 Å². The Balaban J connectivity index is 2.29. The van der Waals surface area contributed by atoms with Crippen molar-refractivity contribution in [3.63, 3.8) is 0 Å². The molecular weight excluding hydrogens is 397 g/mol. The second-order valence-electron chi connectivity index (χ2n) is 5.75. The van der Waals surface area contributed by atoms with Crippen molar-refractivity contribution in [3.8, 4) is 0 Å². The molecule has 1 N–H and O–H groups in total. The third kappa shape index (κ3) is 5.86. The third-order valence-electron chi connectivity index (χ3n) is 3.66. The number of rotatable bonds is 8. The minimum atomic E-state index is -0.659.